The first-order valence-corrected chi connectivity index (χ1v) is 7.58. The van der Waals surface area contributed by atoms with Gasteiger partial charge in [-0.05, 0) is 31.9 Å². The van der Waals surface area contributed by atoms with Gasteiger partial charge < -0.3 is 10.2 Å². The van der Waals surface area contributed by atoms with Crippen molar-refractivity contribution in [3.8, 4) is 0 Å². The van der Waals surface area contributed by atoms with Gasteiger partial charge in [-0.3, -0.25) is 0 Å². The van der Waals surface area contributed by atoms with E-state index < -0.39 is 0 Å². The zero-order chi connectivity index (χ0) is 13.1. The molecule has 0 aliphatic carbocycles. The fraction of sp³-hybridized carbons (Fsp3) is 0.429. The molecule has 1 unspecified atom stereocenters. The van der Waals surface area contributed by atoms with Gasteiger partial charge in [0.1, 0.15) is 10.8 Å². The molecule has 0 saturated carbocycles. The molecule has 0 amide bonds. The third-order valence-electron chi connectivity index (χ3n) is 3.38. The molecular formula is C14H18N4S. The molecule has 3 rings (SSSR count). The highest BCUT2D eigenvalue weighted by atomic mass is 32.1. The first-order valence-electron chi connectivity index (χ1n) is 6.70. The fourth-order valence-electron chi connectivity index (χ4n) is 2.36. The highest BCUT2D eigenvalue weighted by Crippen LogP contribution is 2.23. The minimum absolute atomic E-state index is 0.222. The molecule has 1 N–H and O–H groups in total. The van der Waals surface area contributed by atoms with Crippen LogP contribution in [0.2, 0.25) is 0 Å². The lowest BCUT2D eigenvalue weighted by molar-refractivity contribution is 0.866. The van der Waals surface area contributed by atoms with E-state index in [0.717, 1.165) is 29.6 Å². The molecule has 0 aromatic carbocycles. The summed E-state index contributed by atoms with van der Waals surface area (Å²) in [4.78, 5) is 11.2. The normalized spacial score (nSPS) is 16.6. The van der Waals surface area contributed by atoms with E-state index in [4.69, 9.17) is 0 Å². The fourth-order valence-corrected chi connectivity index (χ4v) is 3.01. The van der Waals surface area contributed by atoms with Gasteiger partial charge in [-0.15, -0.1) is 11.3 Å². The summed E-state index contributed by atoms with van der Waals surface area (Å²) in [5.41, 5.74) is 1.05. The SMILES string of the molecule is CC(Nc1ccc(N2CCCC2)nc1)c1nccs1. The van der Waals surface area contributed by atoms with Gasteiger partial charge in [0.05, 0.1) is 17.9 Å². The minimum Gasteiger partial charge on any atom is -0.375 e. The Hall–Kier alpha value is -1.62. The molecule has 5 heteroatoms. The number of pyridine rings is 1. The monoisotopic (exact) mass is 274 g/mol. The number of rotatable bonds is 4. The molecule has 2 aromatic heterocycles. The molecule has 4 nitrogen and oxygen atoms in total. The van der Waals surface area contributed by atoms with Crippen molar-refractivity contribution in [3.05, 3.63) is 34.9 Å². The topological polar surface area (TPSA) is 41.0 Å². The maximum Gasteiger partial charge on any atom is 0.128 e. The van der Waals surface area contributed by atoms with Crippen LogP contribution in [0.1, 0.15) is 30.8 Å². The summed E-state index contributed by atoms with van der Waals surface area (Å²) in [5.74, 6) is 1.09. The van der Waals surface area contributed by atoms with Crippen molar-refractivity contribution < 1.29 is 0 Å². The molecule has 19 heavy (non-hydrogen) atoms. The second-order valence-corrected chi connectivity index (χ2v) is 5.76. The van der Waals surface area contributed by atoms with Crippen molar-refractivity contribution in [1.82, 2.24) is 9.97 Å². The Labute approximate surface area is 117 Å². The molecule has 3 heterocycles. The number of nitrogens with zero attached hydrogens (tertiary/aromatic N) is 3. The van der Waals surface area contributed by atoms with Crippen molar-refractivity contribution in [3.63, 3.8) is 0 Å². The first-order chi connectivity index (χ1) is 9.33. The van der Waals surface area contributed by atoms with Gasteiger partial charge in [0.2, 0.25) is 0 Å². The molecule has 1 aliphatic rings. The minimum atomic E-state index is 0.222. The van der Waals surface area contributed by atoms with Crippen LogP contribution in [0.3, 0.4) is 0 Å². The predicted molar refractivity (Wildman–Crippen MR) is 79.8 cm³/mol. The summed E-state index contributed by atoms with van der Waals surface area (Å²) in [5, 5.41) is 6.53. The molecule has 100 valence electrons. The lowest BCUT2D eigenvalue weighted by Gasteiger charge is -2.17. The summed E-state index contributed by atoms with van der Waals surface area (Å²) >= 11 is 1.67. The van der Waals surface area contributed by atoms with E-state index >= 15 is 0 Å². The van der Waals surface area contributed by atoms with E-state index in [9.17, 15) is 0 Å². The number of hydrogen-bond acceptors (Lipinski definition) is 5. The summed E-state index contributed by atoms with van der Waals surface area (Å²) in [6.45, 7) is 4.39. The number of hydrogen-bond donors (Lipinski definition) is 1. The van der Waals surface area contributed by atoms with E-state index in [1.165, 1.54) is 12.8 Å². The van der Waals surface area contributed by atoms with E-state index in [1.54, 1.807) is 11.3 Å². The van der Waals surface area contributed by atoms with Crippen LogP contribution in [0.4, 0.5) is 11.5 Å². The third-order valence-corrected chi connectivity index (χ3v) is 4.34. The van der Waals surface area contributed by atoms with Crippen LogP contribution in [0.15, 0.2) is 29.9 Å². The Bertz CT molecular complexity index is 503. The average Bonchev–Trinajstić information content (AvgIpc) is 3.13. The zero-order valence-corrected chi connectivity index (χ0v) is 11.9. The maximum absolute atomic E-state index is 4.54. The molecule has 1 saturated heterocycles. The van der Waals surface area contributed by atoms with Crippen LogP contribution in [-0.2, 0) is 0 Å². The van der Waals surface area contributed by atoms with Crippen LogP contribution in [0, 0.1) is 0 Å². The molecule has 0 spiro atoms. The van der Waals surface area contributed by atoms with E-state index in [1.807, 2.05) is 17.8 Å². The van der Waals surface area contributed by atoms with Crippen LogP contribution >= 0.6 is 11.3 Å². The highest BCUT2D eigenvalue weighted by Gasteiger charge is 2.13. The number of nitrogens with one attached hydrogen (secondary N) is 1. The highest BCUT2D eigenvalue weighted by molar-refractivity contribution is 7.09. The number of thiazole rings is 1. The Balaban J connectivity index is 1.65. The van der Waals surface area contributed by atoms with Gasteiger partial charge in [-0.2, -0.15) is 0 Å². The van der Waals surface area contributed by atoms with Gasteiger partial charge in [0.25, 0.3) is 0 Å². The molecular weight excluding hydrogens is 256 g/mol. The largest absolute Gasteiger partial charge is 0.375 e. The van der Waals surface area contributed by atoms with Crippen LogP contribution < -0.4 is 10.2 Å². The van der Waals surface area contributed by atoms with Gasteiger partial charge >= 0.3 is 0 Å². The van der Waals surface area contributed by atoms with Crippen molar-refractivity contribution in [1.29, 1.82) is 0 Å². The smallest absolute Gasteiger partial charge is 0.128 e. The Morgan fingerprint density at radius 3 is 2.74 bits per heavy atom. The number of aromatic nitrogens is 2. The standard InChI is InChI=1S/C14H18N4S/c1-11(14-15-6-9-19-14)17-12-4-5-13(16-10-12)18-7-2-3-8-18/h4-6,9-11,17H,2-3,7-8H2,1H3. The van der Waals surface area contributed by atoms with Crippen molar-refractivity contribution in [2.24, 2.45) is 0 Å². The molecule has 1 aliphatic heterocycles. The average molecular weight is 274 g/mol. The second-order valence-electron chi connectivity index (χ2n) is 4.84. The quantitative estimate of drug-likeness (QED) is 0.928. The van der Waals surface area contributed by atoms with Crippen molar-refractivity contribution in [2.75, 3.05) is 23.3 Å². The van der Waals surface area contributed by atoms with E-state index in [-0.39, 0.29) is 6.04 Å². The molecule has 2 aromatic rings. The summed E-state index contributed by atoms with van der Waals surface area (Å²) in [6.07, 6.45) is 6.32. The van der Waals surface area contributed by atoms with Crippen LogP contribution in [-0.4, -0.2) is 23.1 Å². The molecule has 0 radical (unpaired) electrons. The lowest BCUT2D eigenvalue weighted by atomic mass is 10.3. The van der Waals surface area contributed by atoms with E-state index in [0.29, 0.717) is 0 Å². The summed E-state index contributed by atoms with van der Waals surface area (Å²) in [7, 11) is 0. The van der Waals surface area contributed by atoms with Crippen molar-refractivity contribution in [2.45, 2.75) is 25.8 Å². The molecule has 1 fully saturated rings. The van der Waals surface area contributed by atoms with Crippen LogP contribution in [0.5, 0.6) is 0 Å². The van der Waals surface area contributed by atoms with E-state index in [2.05, 4.69) is 39.2 Å². The zero-order valence-electron chi connectivity index (χ0n) is 11.0. The van der Waals surface area contributed by atoms with Gasteiger partial charge in [0, 0.05) is 24.7 Å². The second kappa shape index (κ2) is 5.57. The lowest BCUT2D eigenvalue weighted by Crippen LogP contribution is -2.18. The van der Waals surface area contributed by atoms with Gasteiger partial charge in [0.15, 0.2) is 0 Å². The van der Waals surface area contributed by atoms with Crippen molar-refractivity contribution >= 4 is 22.8 Å². The molecule has 0 bridgehead atoms. The predicted octanol–water partition coefficient (Wildman–Crippen LogP) is 3.31. The summed E-state index contributed by atoms with van der Waals surface area (Å²) < 4.78 is 0. The van der Waals surface area contributed by atoms with Crippen LogP contribution in [0.25, 0.3) is 0 Å². The first kappa shape index (κ1) is 12.4. The Morgan fingerprint density at radius 2 is 2.11 bits per heavy atom. The third kappa shape index (κ3) is 2.87. The Morgan fingerprint density at radius 1 is 1.26 bits per heavy atom. The summed E-state index contributed by atoms with van der Waals surface area (Å²) in [6, 6.07) is 4.42. The Kier molecular flexibility index (Phi) is 3.64. The maximum atomic E-state index is 4.54. The number of anilines is 2. The van der Waals surface area contributed by atoms with Gasteiger partial charge in [-0.1, -0.05) is 0 Å². The van der Waals surface area contributed by atoms with Gasteiger partial charge in [-0.25, -0.2) is 9.97 Å². The molecule has 1 atom stereocenters.